The molecule has 6 heteroatoms. The Kier molecular flexibility index (Phi) is 4.99. The van der Waals surface area contributed by atoms with Crippen molar-refractivity contribution in [1.82, 2.24) is 4.90 Å². The van der Waals surface area contributed by atoms with Crippen LogP contribution in [0, 0.1) is 17.2 Å². The highest BCUT2D eigenvalue weighted by atomic mass is 16.5. The molecule has 2 rings (SSSR count). The summed E-state index contributed by atoms with van der Waals surface area (Å²) in [6.45, 7) is 1.21. The predicted molar refractivity (Wildman–Crippen MR) is 78.8 cm³/mol. The fourth-order valence-corrected chi connectivity index (χ4v) is 2.46. The maximum Gasteiger partial charge on any atom is 0.247 e. The molecule has 0 N–H and O–H groups in total. The molecule has 1 heterocycles. The van der Waals surface area contributed by atoms with E-state index in [-0.39, 0.29) is 5.56 Å². The van der Waals surface area contributed by atoms with E-state index in [1.54, 1.807) is 11.0 Å². The number of nitriles is 1. The molecule has 0 radical (unpaired) electrons. The first-order chi connectivity index (χ1) is 10.6. The third kappa shape index (κ3) is 3.19. The molecule has 1 aliphatic heterocycles. The summed E-state index contributed by atoms with van der Waals surface area (Å²) in [6.07, 6.45) is 1.82. The lowest BCUT2D eigenvalue weighted by Crippen LogP contribution is -2.37. The van der Waals surface area contributed by atoms with Crippen LogP contribution in [-0.2, 0) is 4.79 Å². The average molecular weight is 302 g/mol. The van der Waals surface area contributed by atoms with Gasteiger partial charge < -0.3 is 14.4 Å². The van der Waals surface area contributed by atoms with Crippen LogP contribution < -0.4 is 9.47 Å². The van der Waals surface area contributed by atoms with Gasteiger partial charge in [-0.15, -0.1) is 0 Å². The molecule has 116 valence electrons. The van der Waals surface area contributed by atoms with Gasteiger partial charge in [-0.05, 0) is 25.0 Å². The number of Topliss-reactive ketones (excluding diaryl/α,β-unsaturated/α-hetero) is 1. The first-order valence-corrected chi connectivity index (χ1v) is 7.06. The normalized spacial score (nSPS) is 15.0. The Morgan fingerprint density at radius 2 is 1.68 bits per heavy atom. The lowest BCUT2D eigenvalue weighted by atomic mass is 9.97. The summed E-state index contributed by atoms with van der Waals surface area (Å²) in [5.74, 6) is -1.40. The monoisotopic (exact) mass is 302 g/mol. The topological polar surface area (TPSA) is 79.6 Å². The smallest absolute Gasteiger partial charge is 0.247 e. The molecule has 0 bridgehead atoms. The zero-order chi connectivity index (χ0) is 16.1. The predicted octanol–water partition coefficient (Wildman–Crippen LogP) is 1.65. The van der Waals surface area contributed by atoms with Crippen molar-refractivity contribution in [1.29, 1.82) is 5.26 Å². The second-order valence-electron chi connectivity index (χ2n) is 5.06. The van der Waals surface area contributed by atoms with Crippen molar-refractivity contribution in [3.8, 4) is 17.6 Å². The van der Waals surface area contributed by atoms with E-state index in [4.69, 9.17) is 9.47 Å². The van der Waals surface area contributed by atoms with Crippen LogP contribution in [0.3, 0.4) is 0 Å². The quantitative estimate of drug-likeness (QED) is 0.610. The van der Waals surface area contributed by atoms with Gasteiger partial charge in [-0.25, -0.2) is 0 Å². The first-order valence-electron chi connectivity index (χ1n) is 7.06. The molecule has 0 unspecified atom stereocenters. The average Bonchev–Trinajstić information content (AvgIpc) is 3.09. The van der Waals surface area contributed by atoms with Crippen LogP contribution in [0.15, 0.2) is 18.2 Å². The van der Waals surface area contributed by atoms with Crippen molar-refractivity contribution in [2.24, 2.45) is 5.92 Å². The molecule has 1 aromatic rings. The standard InChI is InChI=1S/C16H18N2O4/c1-21-12-7-11(8-13(9-12)22-2)15(19)14(10-17)16(20)18-5-3-4-6-18/h7-9,14H,3-6H2,1-2H3/t14-/m1/s1. The molecule has 6 nitrogen and oxygen atoms in total. The van der Waals surface area contributed by atoms with Gasteiger partial charge in [0.1, 0.15) is 11.5 Å². The molecular weight excluding hydrogens is 284 g/mol. The summed E-state index contributed by atoms with van der Waals surface area (Å²) in [7, 11) is 2.94. The fraction of sp³-hybridized carbons (Fsp3) is 0.438. The van der Waals surface area contributed by atoms with Crippen molar-refractivity contribution < 1.29 is 19.1 Å². The highest BCUT2D eigenvalue weighted by molar-refractivity contribution is 6.12. The fourth-order valence-electron chi connectivity index (χ4n) is 2.46. The zero-order valence-corrected chi connectivity index (χ0v) is 12.7. The van der Waals surface area contributed by atoms with E-state index < -0.39 is 17.6 Å². The maximum atomic E-state index is 12.5. The molecular formula is C16H18N2O4. The van der Waals surface area contributed by atoms with Gasteiger partial charge >= 0.3 is 0 Å². The number of likely N-dealkylation sites (tertiary alicyclic amines) is 1. The number of benzene rings is 1. The van der Waals surface area contributed by atoms with Gasteiger partial charge in [0.25, 0.3) is 0 Å². The maximum absolute atomic E-state index is 12.5. The molecule has 1 atom stereocenters. The summed E-state index contributed by atoms with van der Waals surface area (Å²) >= 11 is 0. The number of nitrogens with zero attached hydrogens (tertiary/aromatic N) is 2. The Hall–Kier alpha value is -2.55. The molecule has 1 aliphatic rings. The second-order valence-corrected chi connectivity index (χ2v) is 5.06. The number of hydrogen-bond donors (Lipinski definition) is 0. The molecule has 0 aromatic heterocycles. The highest BCUT2D eigenvalue weighted by Crippen LogP contribution is 2.25. The number of hydrogen-bond acceptors (Lipinski definition) is 5. The van der Waals surface area contributed by atoms with Crippen molar-refractivity contribution in [3.63, 3.8) is 0 Å². The van der Waals surface area contributed by atoms with E-state index >= 15 is 0 Å². The van der Waals surface area contributed by atoms with Crippen LogP contribution >= 0.6 is 0 Å². The first kappa shape index (κ1) is 15.8. The third-order valence-electron chi connectivity index (χ3n) is 3.69. The number of ketones is 1. The zero-order valence-electron chi connectivity index (χ0n) is 12.7. The Balaban J connectivity index is 2.28. The molecule has 22 heavy (non-hydrogen) atoms. The molecule has 1 fully saturated rings. The Morgan fingerprint density at radius 3 is 2.14 bits per heavy atom. The largest absolute Gasteiger partial charge is 0.497 e. The SMILES string of the molecule is COc1cc(OC)cc(C(=O)[C@@H](C#N)C(=O)N2CCCC2)c1. The summed E-state index contributed by atoms with van der Waals surface area (Å²) in [6, 6.07) is 6.47. The van der Waals surface area contributed by atoms with Crippen LogP contribution in [-0.4, -0.2) is 43.9 Å². The van der Waals surface area contributed by atoms with Crippen LogP contribution in [0.1, 0.15) is 23.2 Å². The van der Waals surface area contributed by atoms with E-state index in [9.17, 15) is 14.9 Å². The van der Waals surface area contributed by atoms with E-state index in [2.05, 4.69) is 0 Å². The summed E-state index contributed by atoms with van der Waals surface area (Å²) in [5, 5.41) is 9.26. The van der Waals surface area contributed by atoms with Gasteiger partial charge in [-0.2, -0.15) is 5.26 Å². The van der Waals surface area contributed by atoms with E-state index in [1.165, 1.54) is 26.4 Å². The third-order valence-corrected chi connectivity index (χ3v) is 3.69. The van der Waals surface area contributed by atoms with Gasteiger partial charge in [0.15, 0.2) is 11.7 Å². The van der Waals surface area contributed by atoms with Gasteiger partial charge in [0, 0.05) is 24.7 Å². The van der Waals surface area contributed by atoms with E-state index in [0.29, 0.717) is 24.6 Å². The Labute approximate surface area is 129 Å². The number of ether oxygens (including phenoxy) is 2. The number of carbonyl (C=O) groups is 2. The van der Waals surface area contributed by atoms with Crippen molar-refractivity contribution in [3.05, 3.63) is 23.8 Å². The minimum Gasteiger partial charge on any atom is -0.497 e. The number of amides is 1. The lowest BCUT2D eigenvalue weighted by Gasteiger charge is -2.18. The van der Waals surface area contributed by atoms with Gasteiger partial charge in [0.05, 0.1) is 20.3 Å². The van der Waals surface area contributed by atoms with Crippen LogP contribution in [0.25, 0.3) is 0 Å². The van der Waals surface area contributed by atoms with Gasteiger partial charge in [-0.1, -0.05) is 0 Å². The summed E-state index contributed by atoms with van der Waals surface area (Å²) in [4.78, 5) is 26.4. The van der Waals surface area contributed by atoms with Crippen LogP contribution in [0.4, 0.5) is 0 Å². The molecule has 1 amide bonds. The molecule has 1 aromatic carbocycles. The second kappa shape index (κ2) is 6.94. The lowest BCUT2D eigenvalue weighted by molar-refractivity contribution is -0.131. The van der Waals surface area contributed by atoms with E-state index in [0.717, 1.165) is 12.8 Å². The van der Waals surface area contributed by atoms with Crippen molar-refractivity contribution in [2.75, 3.05) is 27.3 Å². The molecule has 0 spiro atoms. The van der Waals surface area contributed by atoms with E-state index in [1.807, 2.05) is 6.07 Å². The van der Waals surface area contributed by atoms with Crippen LogP contribution in [0.2, 0.25) is 0 Å². The number of rotatable bonds is 5. The Bertz CT molecular complexity index is 593. The molecule has 1 saturated heterocycles. The highest BCUT2D eigenvalue weighted by Gasteiger charge is 2.33. The molecule has 0 aliphatic carbocycles. The van der Waals surface area contributed by atoms with Crippen LogP contribution in [0.5, 0.6) is 11.5 Å². The van der Waals surface area contributed by atoms with Gasteiger partial charge in [-0.3, -0.25) is 9.59 Å². The number of methoxy groups -OCH3 is 2. The minimum atomic E-state index is -1.32. The Morgan fingerprint density at radius 1 is 1.14 bits per heavy atom. The van der Waals surface area contributed by atoms with Gasteiger partial charge in [0.2, 0.25) is 5.91 Å². The number of carbonyl (C=O) groups excluding carboxylic acids is 2. The minimum absolute atomic E-state index is 0.232. The summed E-state index contributed by atoms with van der Waals surface area (Å²) in [5.41, 5.74) is 0.232. The van der Waals surface area contributed by atoms with Crippen molar-refractivity contribution >= 4 is 11.7 Å². The van der Waals surface area contributed by atoms with Crippen molar-refractivity contribution in [2.45, 2.75) is 12.8 Å². The molecule has 0 saturated carbocycles. The summed E-state index contributed by atoms with van der Waals surface area (Å²) < 4.78 is 10.2.